The van der Waals surface area contributed by atoms with E-state index in [9.17, 15) is 22.0 Å². The molecule has 7 nitrogen and oxygen atoms in total. The Hall–Kier alpha value is -3.50. The van der Waals surface area contributed by atoms with Gasteiger partial charge in [-0.1, -0.05) is 18.5 Å². The van der Waals surface area contributed by atoms with E-state index >= 15 is 0 Å². The van der Waals surface area contributed by atoms with E-state index in [4.69, 9.17) is 11.6 Å². The maximum Gasteiger partial charge on any atom is 0.232 e. The lowest BCUT2D eigenvalue weighted by atomic mass is 10.0. The van der Waals surface area contributed by atoms with Gasteiger partial charge in [-0.3, -0.25) is 19.5 Å². The minimum atomic E-state index is -3.86. The summed E-state index contributed by atoms with van der Waals surface area (Å²) in [6, 6.07) is 8.54. The standard InChI is InChI=1S/C24H19ClF2N4O3S/c1-3-8-35(33,34)31-19-10-16(26)23(27)21(22(19)25)24(32)14-6-7-17-18(9-14)30-20(12-29-17)15-5-4-13(2)28-11-15/h4-7,9-12,31H,3,8H2,1-2H3. The number of anilines is 1. The van der Waals surface area contributed by atoms with Crippen molar-refractivity contribution in [3.05, 3.63) is 82.3 Å². The molecule has 0 saturated heterocycles. The minimum Gasteiger partial charge on any atom is -0.288 e. The Balaban J connectivity index is 1.77. The normalized spacial score (nSPS) is 11.6. The molecule has 180 valence electrons. The van der Waals surface area contributed by atoms with E-state index in [-0.39, 0.29) is 11.3 Å². The first-order chi connectivity index (χ1) is 16.6. The molecule has 11 heteroatoms. The molecule has 0 saturated carbocycles. The molecule has 2 aromatic carbocycles. The molecule has 0 fully saturated rings. The number of ketones is 1. The highest BCUT2D eigenvalue weighted by Gasteiger charge is 2.26. The number of aryl methyl sites for hydroxylation is 1. The largest absolute Gasteiger partial charge is 0.288 e. The lowest BCUT2D eigenvalue weighted by molar-refractivity contribution is 0.103. The quantitative estimate of drug-likeness (QED) is 0.264. The molecule has 4 rings (SSSR count). The summed E-state index contributed by atoms with van der Waals surface area (Å²) in [6.07, 6.45) is 3.50. The third kappa shape index (κ3) is 5.13. The van der Waals surface area contributed by atoms with E-state index in [1.165, 1.54) is 18.2 Å². The highest BCUT2D eigenvalue weighted by Crippen LogP contribution is 2.33. The third-order valence-electron chi connectivity index (χ3n) is 5.13. The van der Waals surface area contributed by atoms with Crippen LogP contribution in [-0.2, 0) is 10.0 Å². The van der Waals surface area contributed by atoms with Crippen LogP contribution in [0.4, 0.5) is 14.5 Å². The van der Waals surface area contributed by atoms with Crippen molar-refractivity contribution in [2.75, 3.05) is 10.5 Å². The summed E-state index contributed by atoms with van der Waals surface area (Å²) in [6.45, 7) is 3.50. The molecule has 0 radical (unpaired) electrons. The van der Waals surface area contributed by atoms with Gasteiger partial charge in [0.25, 0.3) is 0 Å². The number of nitrogens with zero attached hydrogens (tertiary/aromatic N) is 3. The molecule has 2 heterocycles. The number of hydrogen-bond donors (Lipinski definition) is 1. The maximum absolute atomic E-state index is 14.7. The lowest BCUT2D eigenvalue weighted by Gasteiger charge is -2.13. The summed E-state index contributed by atoms with van der Waals surface area (Å²) in [4.78, 5) is 26.3. The van der Waals surface area contributed by atoms with E-state index in [1.807, 2.05) is 19.1 Å². The van der Waals surface area contributed by atoms with Crippen LogP contribution in [0.25, 0.3) is 22.3 Å². The molecule has 35 heavy (non-hydrogen) atoms. The number of pyridine rings is 1. The zero-order chi connectivity index (χ0) is 25.3. The van der Waals surface area contributed by atoms with E-state index in [1.54, 1.807) is 19.3 Å². The van der Waals surface area contributed by atoms with E-state index in [2.05, 4.69) is 19.7 Å². The first-order valence-corrected chi connectivity index (χ1v) is 12.5. The Bertz CT molecular complexity index is 1560. The fourth-order valence-electron chi connectivity index (χ4n) is 3.42. The number of fused-ring (bicyclic) bond motifs is 1. The molecule has 4 aromatic rings. The number of carbonyl (C=O) groups excluding carboxylic acids is 1. The second-order valence-electron chi connectivity index (χ2n) is 7.81. The van der Waals surface area contributed by atoms with Gasteiger partial charge in [0.1, 0.15) is 0 Å². The number of halogens is 3. The number of aromatic nitrogens is 3. The second kappa shape index (κ2) is 9.63. The van der Waals surface area contributed by atoms with Crippen molar-refractivity contribution >= 4 is 44.1 Å². The van der Waals surface area contributed by atoms with Crippen molar-refractivity contribution in [2.45, 2.75) is 20.3 Å². The molecule has 0 atom stereocenters. The van der Waals surface area contributed by atoms with Crippen molar-refractivity contribution in [1.29, 1.82) is 0 Å². The number of hydrogen-bond acceptors (Lipinski definition) is 6. The molecular formula is C24H19ClF2N4O3S. The van der Waals surface area contributed by atoms with E-state index < -0.39 is 43.7 Å². The number of nitrogens with one attached hydrogen (secondary N) is 1. The van der Waals surface area contributed by atoms with Crippen molar-refractivity contribution in [1.82, 2.24) is 15.0 Å². The van der Waals surface area contributed by atoms with Gasteiger partial charge in [0.15, 0.2) is 17.4 Å². The summed E-state index contributed by atoms with van der Waals surface area (Å²) < 4.78 is 55.4. The molecule has 0 unspecified atom stereocenters. The maximum atomic E-state index is 14.7. The molecule has 0 aliphatic heterocycles. The minimum absolute atomic E-state index is 0.0280. The fraction of sp³-hybridized carbons (Fsp3) is 0.167. The van der Waals surface area contributed by atoms with Crippen LogP contribution in [0.15, 0.2) is 48.8 Å². The van der Waals surface area contributed by atoms with Gasteiger partial charge in [-0.15, -0.1) is 0 Å². The molecule has 0 bridgehead atoms. The van der Waals surface area contributed by atoms with Gasteiger partial charge in [-0.25, -0.2) is 22.2 Å². The van der Waals surface area contributed by atoms with Crippen molar-refractivity contribution in [2.24, 2.45) is 0 Å². The zero-order valence-corrected chi connectivity index (χ0v) is 20.2. The lowest BCUT2D eigenvalue weighted by Crippen LogP contribution is -2.18. The Morgan fingerprint density at radius 2 is 1.83 bits per heavy atom. The summed E-state index contributed by atoms with van der Waals surface area (Å²) >= 11 is 6.18. The van der Waals surface area contributed by atoms with Gasteiger partial charge < -0.3 is 0 Å². The van der Waals surface area contributed by atoms with Crippen molar-refractivity contribution in [3.8, 4) is 11.3 Å². The van der Waals surface area contributed by atoms with E-state index in [0.717, 1.165) is 5.69 Å². The van der Waals surface area contributed by atoms with Gasteiger partial charge in [0.2, 0.25) is 10.0 Å². The van der Waals surface area contributed by atoms with Gasteiger partial charge in [0.05, 0.1) is 45.0 Å². The Labute approximate surface area is 205 Å². The summed E-state index contributed by atoms with van der Waals surface area (Å²) in [5.41, 5.74) is 1.64. The summed E-state index contributed by atoms with van der Waals surface area (Å²) in [5.74, 6) is -4.09. The van der Waals surface area contributed by atoms with Gasteiger partial charge in [0, 0.05) is 29.1 Å². The predicted octanol–water partition coefficient (Wildman–Crippen LogP) is 5.31. The smallest absolute Gasteiger partial charge is 0.232 e. The SMILES string of the molecule is CCCS(=O)(=O)Nc1cc(F)c(F)c(C(=O)c2ccc3ncc(-c4ccc(C)nc4)nc3c2)c1Cl. The van der Waals surface area contributed by atoms with E-state index in [0.29, 0.717) is 34.8 Å². The fourth-order valence-corrected chi connectivity index (χ4v) is 4.88. The second-order valence-corrected chi connectivity index (χ2v) is 10.0. The topological polar surface area (TPSA) is 102 Å². The first-order valence-electron chi connectivity index (χ1n) is 10.5. The highest BCUT2D eigenvalue weighted by molar-refractivity contribution is 7.92. The van der Waals surface area contributed by atoms with Crippen LogP contribution in [-0.4, -0.2) is 34.9 Å². The Morgan fingerprint density at radius 1 is 1.06 bits per heavy atom. The highest BCUT2D eigenvalue weighted by atomic mass is 35.5. The van der Waals surface area contributed by atoms with Crippen LogP contribution in [0.3, 0.4) is 0 Å². The van der Waals surface area contributed by atoms with Crippen LogP contribution in [0.5, 0.6) is 0 Å². The van der Waals surface area contributed by atoms with Gasteiger partial charge in [-0.2, -0.15) is 0 Å². The number of carbonyl (C=O) groups is 1. The van der Waals surface area contributed by atoms with Crippen LogP contribution < -0.4 is 4.72 Å². The summed E-state index contributed by atoms with van der Waals surface area (Å²) in [7, 11) is -3.86. The third-order valence-corrected chi connectivity index (χ3v) is 7.00. The number of rotatable bonds is 7. The summed E-state index contributed by atoms with van der Waals surface area (Å²) in [5, 5.41) is -0.542. The molecular weight excluding hydrogens is 498 g/mol. The predicted molar refractivity (Wildman–Crippen MR) is 130 cm³/mol. The van der Waals surface area contributed by atoms with Gasteiger partial charge >= 0.3 is 0 Å². The number of benzene rings is 2. The van der Waals surface area contributed by atoms with Crippen LogP contribution in [0, 0.1) is 18.6 Å². The van der Waals surface area contributed by atoms with Gasteiger partial charge in [-0.05, 0) is 43.7 Å². The monoisotopic (exact) mass is 516 g/mol. The average molecular weight is 517 g/mol. The van der Waals surface area contributed by atoms with Crippen LogP contribution in [0.1, 0.15) is 35.0 Å². The molecule has 1 N–H and O–H groups in total. The molecule has 0 aliphatic carbocycles. The molecule has 0 amide bonds. The Kier molecular flexibility index (Phi) is 6.77. The van der Waals surface area contributed by atoms with Crippen molar-refractivity contribution < 1.29 is 22.0 Å². The van der Waals surface area contributed by atoms with Crippen LogP contribution >= 0.6 is 11.6 Å². The Morgan fingerprint density at radius 3 is 2.51 bits per heavy atom. The first kappa shape index (κ1) is 24.6. The zero-order valence-electron chi connectivity index (χ0n) is 18.6. The molecule has 0 spiro atoms. The molecule has 2 aromatic heterocycles. The molecule has 0 aliphatic rings. The number of sulfonamides is 1. The van der Waals surface area contributed by atoms with Crippen LogP contribution in [0.2, 0.25) is 5.02 Å². The van der Waals surface area contributed by atoms with Crippen molar-refractivity contribution in [3.63, 3.8) is 0 Å². The average Bonchev–Trinajstić information content (AvgIpc) is 2.82.